The number of anilines is 1. The fraction of sp³-hybridized carbons (Fsp3) is 0.333. The van der Waals surface area contributed by atoms with Gasteiger partial charge in [-0.25, -0.2) is 14.8 Å². The third kappa shape index (κ3) is 4.79. The smallest absolute Gasteiger partial charge is 0.339 e. The number of aryl methyl sites for hydroxylation is 2. The Labute approximate surface area is 151 Å². The summed E-state index contributed by atoms with van der Waals surface area (Å²) in [7, 11) is 1.31. The highest BCUT2D eigenvalue weighted by Gasteiger charge is 2.14. The van der Waals surface area contributed by atoms with Crippen molar-refractivity contribution in [1.82, 2.24) is 9.97 Å². The van der Waals surface area contributed by atoms with Crippen LogP contribution in [0.2, 0.25) is 0 Å². The molecular weight excluding hydrogens is 338 g/mol. The minimum Gasteiger partial charge on any atom is -0.465 e. The molecule has 0 fully saturated rings. The molecule has 1 N–H and O–H groups in total. The zero-order valence-electron chi connectivity index (χ0n) is 14.8. The van der Waals surface area contributed by atoms with Crippen LogP contribution in [0.25, 0.3) is 0 Å². The predicted octanol–water partition coefficient (Wildman–Crippen LogP) is 3.17. The monoisotopic (exact) mass is 359 g/mol. The Morgan fingerprint density at radius 1 is 1.16 bits per heavy atom. The molecule has 0 spiro atoms. The molecule has 2 rings (SSSR count). The predicted molar refractivity (Wildman–Crippen MR) is 98.0 cm³/mol. The van der Waals surface area contributed by atoms with Gasteiger partial charge in [-0.05, 0) is 44.2 Å². The molecule has 1 heterocycles. The maximum Gasteiger partial charge on any atom is 0.339 e. The number of esters is 1. The number of amides is 1. The summed E-state index contributed by atoms with van der Waals surface area (Å²) in [6.45, 7) is 3.85. The number of aromatic nitrogens is 2. The van der Waals surface area contributed by atoms with Crippen LogP contribution in [0, 0.1) is 13.8 Å². The van der Waals surface area contributed by atoms with Crippen molar-refractivity contribution < 1.29 is 14.3 Å². The van der Waals surface area contributed by atoms with Crippen molar-refractivity contribution in [2.75, 3.05) is 18.7 Å². The standard InChI is InChI=1S/C18H21N3O3S/c1-11-13(12(2)20-18(19-11)25-4)9-10-16(22)21-15-8-6-5-7-14(15)17(23)24-3/h5-8H,9-10H2,1-4H3,(H,21,22). The Morgan fingerprint density at radius 3 is 2.40 bits per heavy atom. The van der Waals surface area contributed by atoms with E-state index in [-0.39, 0.29) is 12.3 Å². The Balaban J connectivity index is 2.06. The van der Waals surface area contributed by atoms with Crippen LogP contribution in [-0.2, 0) is 16.0 Å². The molecular formula is C18H21N3O3S. The maximum atomic E-state index is 12.3. The van der Waals surface area contributed by atoms with E-state index in [1.165, 1.54) is 18.9 Å². The molecule has 25 heavy (non-hydrogen) atoms. The van der Waals surface area contributed by atoms with E-state index in [0.29, 0.717) is 17.7 Å². The molecule has 2 aromatic rings. The molecule has 0 radical (unpaired) electrons. The Morgan fingerprint density at radius 2 is 1.80 bits per heavy atom. The van der Waals surface area contributed by atoms with Gasteiger partial charge in [0.05, 0.1) is 18.4 Å². The minimum atomic E-state index is -0.483. The molecule has 0 saturated carbocycles. The molecule has 0 atom stereocenters. The largest absolute Gasteiger partial charge is 0.465 e. The molecule has 0 unspecified atom stereocenters. The van der Waals surface area contributed by atoms with Gasteiger partial charge in [0.15, 0.2) is 5.16 Å². The Hall–Kier alpha value is -2.41. The fourth-order valence-electron chi connectivity index (χ4n) is 2.49. The zero-order chi connectivity index (χ0) is 18.4. The van der Waals surface area contributed by atoms with Crippen molar-refractivity contribution in [2.24, 2.45) is 0 Å². The van der Waals surface area contributed by atoms with E-state index in [2.05, 4.69) is 15.3 Å². The summed E-state index contributed by atoms with van der Waals surface area (Å²) in [5, 5.41) is 3.50. The highest BCUT2D eigenvalue weighted by atomic mass is 32.2. The molecule has 0 aliphatic rings. The van der Waals surface area contributed by atoms with Crippen LogP contribution < -0.4 is 5.32 Å². The van der Waals surface area contributed by atoms with Gasteiger partial charge >= 0.3 is 5.97 Å². The summed E-state index contributed by atoms with van der Waals surface area (Å²) in [5.74, 6) is -0.660. The molecule has 0 aliphatic heterocycles. The second-order valence-corrected chi connectivity index (χ2v) is 6.22. The summed E-state index contributed by atoms with van der Waals surface area (Å²) in [6.07, 6.45) is 2.75. The number of nitrogens with zero attached hydrogens (tertiary/aromatic N) is 2. The van der Waals surface area contributed by atoms with Crippen LogP contribution in [0.4, 0.5) is 5.69 Å². The number of para-hydroxylation sites is 1. The number of benzene rings is 1. The van der Waals surface area contributed by atoms with Crippen LogP contribution >= 0.6 is 11.8 Å². The lowest BCUT2D eigenvalue weighted by Gasteiger charge is -2.11. The SMILES string of the molecule is COC(=O)c1ccccc1NC(=O)CCc1c(C)nc(SC)nc1C. The quantitative estimate of drug-likeness (QED) is 0.485. The van der Waals surface area contributed by atoms with Gasteiger partial charge < -0.3 is 10.1 Å². The fourth-order valence-corrected chi connectivity index (χ4v) is 2.95. The maximum absolute atomic E-state index is 12.3. The van der Waals surface area contributed by atoms with Crippen molar-refractivity contribution in [3.8, 4) is 0 Å². The van der Waals surface area contributed by atoms with E-state index < -0.39 is 5.97 Å². The first-order valence-electron chi connectivity index (χ1n) is 7.81. The van der Waals surface area contributed by atoms with Crippen LogP contribution in [0.1, 0.15) is 33.7 Å². The lowest BCUT2D eigenvalue weighted by atomic mass is 10.1. The average molecular weight is 359 g/mol. The first-order valence-corrected chi connectivity index (χ1v) is 9.04. The molecule has 7 heteroatoms. The van der Waals surface area contributed by atoms with Gasteiger partial charge in [0.25, 0.3) is 0 Å². The average Bonchev–Trinajstić information content (AvgIpc) is 2.60. The van der Waals surface area contributed by atoms with Gasteiger partial charge in [0, 0.05) is 17.8 Å². The number of hydrogen-bond donors (Lipinski definition) is 1. The number of methoxy groups -OCH3 is 1. The number of rotatable bonds is 6. The lowest BCUT2D eigenvalue weighted by Crippen LogP contribution is -2.16. The van der Waals surface area contributed by atoms with Crippen molar-refractivity contribution in [3.05, 3.63) is 46.8 Å². The molecule has 132 valence electrons. The van der Waals surface area contributed by atoms with Crippen molar-refractivity contribution in [3.63, 3.8) is 0 Å². The molecule has 0 bridgehead atoms. The lowest BCUT2D eigenvalue weighted by molar-refractivity contribution is -0.116. The molecule has 1 aromatic heterocycles. The van der Waals surface area contributed by atoms with E-state index in [0.717, 1.165) is 22.1 Å². The first kappa shape index (κ1) is 18.9. The van der Waals surface area contributed by atoms with E-state index in [1.807, 2.05) is 20.1 Å². The third-order valence-corrected chi connectivity index (χ3v) is 4.34. The highest BCUT2D eigenvalue weighted by molar-refractivity contribution is 7.98. The number of carbonyl (C=O) groups excluding carboxylic acids is 2. The van der Waals surface area contributed by atoms with E-state index >= 15 is 0 Å². The number of carbonyl (C=O) groups is 2. The van der Waals surface area contributed by atoms with Crippen LogP contribution in [0.5, 0.6) is 0 Å². The minimum absolute atomic E-state index is 0.177. The van der Waals surface area contributed by atoms with Gasteiger partial charge in [0.2, 0.25) is 5.91 Å². The normalized spacial score (nSPS) is 10.4. The second kappa shape index (κ2) is 8.62. The van der Waals surface area contributed by atoms with Crippen LogP contribution in [0.3, 0.4) is 0 Å². The van der Waals surface area contributed by atoms with E-state index in [1.54, 1.807) is 24.3 Å². The third-order valence-electron chi connectivity index (χ3n) is 3.79. The van der Waals surface area contributed by atoms with Crippen LogP contribution in [-0.4, -0.2) is 35.2 Å². The zero-order valence-corrected chi connectivity index (χ0v) is 15.6. The van der Waals surface area contributed by atoms with Gasteiger partial charge in [-0.15, -0.1) is 0 Å². The van der Waals surface area contributed by atoms with Gasteiger partial charge in [-0.1, -0.05) is 23.9 Å². The number of nitrogens with one attached hydrogen (secondary N) is 1. The Bertz CT molecular complexity index is 770. The summed E-state index contributed by atoms with van der Waals surface area (Å²) in [4.78, 5) is 32.9. The topological polar surface area (TPSA) is 81.2 Å². The molecule has 1 aromatic carbocycles. The number of ether oxygens (including phenoxy) is 1. The second-order valence-electron chi connectivity index (χ2n) is 5.45. The van der Waals surface area contributed by atoms with Crippen molar-refractivity contribution in [2.45, 2.75) is 31.8 Å². The van der Waals surface area contributed by atoms with Gasteiger partial charge in [-0.3, -0.25) is 4.79 Å². The first-order chi connectivity index (χ1) is 12.0. The number of thioether (sulfide) groups is 1. The summed E-state index contributed by atoms with van der Waals surface area (Å²) in [5.41, 5.74) is 3.54. The summed E-state index contributed by atoms with van der Waals surface area (Å²) >= 11 is 1.49. The van der Waals surface area contributed by atoms with Crippen LogP contribution in [0.15, 0.2) is 29.4 Å². The van der Waals surface area contributed by atoms with Crippen molar-refractivity contribution in [1.29, 1.82) is 0 Å². The molecule has 0 aliphatic carbocycles. The molecule has 6 nitrogen and oxygen atoms in total. The van der Waals surface area contributed by atoms with Crippen molar-refractivity contribution >= 4 is 29.3 Å². The number of hydrogen-bond acceptors (Lipinski definition) is 6. The summed E-state index contributed by atoms with van der Waals surface area (Å²) < 4.78 is 4.73. The summed E-state index contributed by atoms with van der Waals surface area (Å²) in [6, 6.07) is 6.77. The molecule has 0 saturated heterocycles. The molecule has 1 amide bonds. The van der Waals surface area contributed by atoms with Gasteiger partial charge in [0.1, 0.15) is 0 Å². The van der Waals surface area contributed by atoms with Gasteiger partial charge in [-0.2, -0.15) is 0 Å². The Kier molecular flexibility index (Phi) is 6.52. The van der Waals surface area contributed by atoms with E-state index in [4.69, 9.17) is 4.74 Å². The van der Waals surface area contributed by atoms with E-state index in [9.17, 15) is 9.59 Å². The highest BCUT2D eigenvalue weighted by Crippen LogP contribution is 2.19.